The number of aryl methyl sites for hydroxylation is 1. The zero-order chi connectivity index (χ0) is 41.9. The fourth-order valence-corrected chi connectivity index (χ4v) is 5.64. The minimum absolute atomic E-state index is 0.000554. The second-order valence-electron chi connectivity index (χ2n) is 13.2. The highest BCUT2D eigenvalue weighted by molar-refractivity contribution is 5.98. The lowest BCUT2D eigenvalue weighted by Crippen LogP contribution is -2.54. The molecule has 58 heavy (non-hydrogen) atoms. The van der Waals surface area contributed by atoms with Gasteiger partial charge in [0.1, 0.15) is 19.3 Å². The molecule has 0 unspecified atom stereocenters. The first-order chi connectivity index (χ1) is 27.8. The van der Waals surface area contributed by atoms with Crippen molar-refractivity contribution >= 4 is 35.6 Å². The summed E-state index contributed by atoms with van der Waals surface area (Å²) in [6.07, 6.45) is -6.14. The van der Waals surface area contributed by atoms with Gasteiger partial charge in [-0.25, -0.2) is 9.59 Å². The third-order valence-corrected chi connectivity index (χ3v) is 9.03. The first kappa shape index (κ1) is 44.3. The SMILES string of the molecule is CN[C@@H](CC(=O)N(C)C(CNC(=O)OCc1ccccc1)CNC(=O)OCc1ccccc1)C(=O)N[C@@H](CCc1ccccc1)C(=O)Nc1cccc(C(F)(F)F)c1. The summed E-state index contributed by atoms with van der Waals surface area (Å²) in [5.41, 5.74) is 1.32. The van der Waals surface area contributed by atoms with Crippen LogP contribution in [0.5, 0.6) is 0 Å². The first-order valence-electron chi connectivity index (χ1n) is 18.5. The van der Waals surface area contributed by atoms with Crippen LogP contribution in [0.4, 0.5) is 28.4 Å². The molecule has 0 bridgehead atoms. The third-order valence-electron chi connectivity index (χ3n) is 9.03. The molecule has 2 atom stereocenters. The van der Waals surface area contributed by atoms with Crippen LogP contribution in [0.15, 0.2) is 115 Å². The molecule has 4 aromatic rings. The molecule has 16 heteroatoms. The molecule has 0 aliphatic heterocycles. The molecule has 0 heterocycles. The summed E-state index contributed by atoms with van der Waals surface area (Å²) in [6, 6.07) is 28.1. The highest BCUT2D eigenvalue weighted by Crippen LogP contribution is 2.30. The van der Waals surface area contributed by atoms with E-state index in [1.54, 1.807) is 48.5 Å². The van der Waals surface area contributed by atoms with E-state index in [9.17, 15) is 37.1 Å². The Bertz CT molecular complexity index is 1880. The van der Waals surface area contributed by atoms with Gasteiger partial charge in [-0.05, 0) is 54.8 Å². The summed E-state index contributed by atoms with van der Waals surface area (Å²) in [6.45, 7) is -0.302. The molecule has 0 fully saturated rings. The average Bonchev–Trinajstić information content (AvgIpc) is 3.23. The van der Waals surface area contributed by atoms with Crippen molar-refractivity contribution in [3.63, 3.8) is 0 Å². The Balaban J connectivity index is 1.42. The smallest absolute Gasteiger partial charge is 0.416 e. The maximum Gasteiger partial charge on any atom is 0.416 e. The summed E-state index contributed by atoms with van der Waals surface area (Å²) in [5, 5.41) is 13.1. The highest BCUT2D eigenvalue weighted by atomic mass is 19.4. The maximum atomic E-state index is 13.7. The van der Waals surface area contributed by atoms with Crippen LogP contribution in [0.2, 0.25) is 0 Å². The third kappa shape index (κ3) is 14.9. The van der Waals surface area contributed by atoms with Crippen LogP contribution in [0.3, 0.4) is 0 Å². The number of anilines is 1. The Hall–Kier alpha value is -6.42. The van der Waals surface area contributed by atoms with Crippen molar-refractivity contribution in [2.45, 2.75) is 56.8 Å². The molecule has 5 N–H and O–H groups in total. The van der Waals surface area contributed by atoms with Crippen LogP contribution in [0.25, 0.3) is 0 Å². The number of hydrogen-bond donors (Lipinski definition) is 5. The van der Waals surface area contributed by atoms with Gasteiger partial charge < -0.3 is 41.0 Å². The molecule has 4 aromatic carbocycles. The zero-order valence-corrected chi connectivity index (χ0v) is 32.1. The van der Waals surface area contributed by atoms with Gasteiger partial charge in [-0.15, -0.1) is 0 Å². The lowest BCUT2D eigenvalue weighted by molar-refractivity contribution is -0.137. The van der Waals surface area contributed by atoms with Gasteiger partial charge in [0.05, 0.1) is 24.1 Å². The number of halogens is 3. The van der Waals surface area contributed by atoms with Gasteiger partial charge in [0.2, 0.25) is 17.7 Å². The van der Waals surface area contributed by atoms with Crippen molar-refractivity contribution in [1.82, 2.24) is 26.2 Å². The number of carbonyl (C=O) groups excluding carboxylic acids is 5. The van der Waals surface area contributed by atoms with Crippen molar-refractivity contribution < 1.29 is 46.6 Å². The van der Waals surface area contributed by atoms with E-state index in [2.05, 4.69) is 26.6 Å². The van der Waals surface area contributed by atoms with Crippen LogP contribution in [0, 0.1) is 0 Å². The lowest BCUT2D eigenvalue weighted by atomic mass is 10.0. The van der Waals surface area contributed by atoms with Crippen LogP contribution in [-0.4, -0.2) is 80.1 Å². The van der Waals surface area contributed by atoms with E-state index < -0.39 is 66.2 Å². The quantitative estimate of drug-likeness (QED) is 0.0839. The molecule has 308 valence electrons. The zero-order valence-electron chi connectivity index (χ0n) is 32.1. The largest absolute Gasteiger partial charge is 0.445 e. The Labute approximate surface area is 334 Å². The van der Waals surface area contributed by atoms with Gasteiger partial charge in [-0.1, -0.05) is 97.1 Å². The van der Waals surface area contributed by atoms with Crippen LogP contribution in [-0.2, 0) is 49.7 Å². The summed E-state index contributed by atoms with van der Waals surface area (Å²) in [4.78, 5) is 67.3. The van der Waals surface area contributed by atoms with Gasteiger partial charge in [0, 0.05) is 25.8 Å². The Kier molecular flexibility index (Phi) is 17.1. The lowest BCUT2D eigenvalue weighted by Gasteiger charge is -2.30. The summed E-state index contributed by atoms with van der Waals surface area (Å²) in [5.74, 6) is -2.03. The van der Waals surface area contributed by atoms with E-state index in [0.29, 0.717) is 6.42 Å². The number of alkyl carbamates (subject to hydrolysis) is 2. The second-order valence-corrected chi connectivity index (χ2v) is 13.2. The van der Waals surface area contributed by atoms with E-state index >= 15 is 0 Å². The van der Waals surface area contributed by atoms with Crippen molar-refractivity contribution in [3.8, 4) is 0 Å². The minimum Gasteiger partial charge on any atom is -0.445 e. The molecule has 0 aromatic heterocycles. The second kappa shape index (κ2) is 22.4. The number of alkyl halides is 3. The normalized spacial score (nSPS) is 12.1. The number of likely N-dealkylation sites (N-methyl/N-ethyl adjacent to an activating group) is 2. The molecule has 5 amide bonds. The maximum absolute atomic E-state index is 13.7. The summed E-state index contributed by atoms with van der Waals surface area (Å²) < 4.78 is 50.7. The topological polar surface area (TPSA) is 167 Å². The van der Waals surface area contributed by atoms with Crippen molar-refractivity contribution in [2.75, 3.05) is 32.5 Å². The fourth-order valence-electron chi connectivity index (χ4n) is 5.64. The number of benzene rings is 4. The number of nitrogens with one attached hydrogen (secondary N) is 5. The van der Waals surface area contributed by atoms with E-state index in [-0.39, 0.29) is 38.4 Å². The van der Waals surface area contributed by atoms with Crippen LogP contribution < -0.4 is 26.6 Å². The van der Waals surface area contributed by atoms with Gasteiger partial charge in [0.25, 0.3) is 0 Å². The number of hydrogen-bond acceptors (Lipinski definition) is 8. The summed E-state index contributed by atoms with van der Waals surface area (Å²) in [7, 11) is 2.89. The number of rotatable bonds is 19. The number of ether oxygens (including phenoxy) is 2. The Morgan fingerprint density at radius 3 is 1.69 bits per heavy atom. The standard InChI is InChI=1S/C42H47F3N6O7/c1-46-36(39(54)50-35(22-21-29-13-6-3-7-14-29)38(53)49-33-20-12-19-32(23-33)42(43,44)45)24-37(52)51(2)34(25-47-40(55)57-27-30-15-8-4-9-16-30)26-48-41(56)58-28-31-17-10-5-11-18-31/h3-20,23,34-36,46H,21-22,24-28H2,1-2H3,(H,47,55)(H,48,56)(H,49,53)(H,50,54)/t35-,36-/m0/s1. The van der Waals surface area contributed by atoms with Crippen LogP contribution in [0.1, 0.15) is 35.1 Å². The first-order valence-corrected chi connectivity index (χ1v) is 18.5. The van der Waals surface area contributed by atoms with Crippen LogP contribution >= 0.6 is 0 Å². The average molecular weight is 805 g/mol. The Morgan fingerprint density at radius 2 is 1.19 bits per heavy atom. The molecule has 0 aliphatic rings. The molecule has 4 rings (SSSR count). The molecule has 0 radical (unpaired) electrons. The Morgan fingerprint density at radius 1 is 0.672 bits per heavy atom. The fraction of sp³-hybridized carbons (Fsp3) is 0.310. The molecule has 0 spiro atoms. The van der Waals surface area contributed by atoms with E-state index in [0.717, 1.165) is 34.9 Å². The molecular formula is C42H47F3N6O7. The number of nitrogens with zero attached hydrogens (tertiary/aromatic N) is 1. The predicted molar refractivity (Wildman–Crippen MR) is 210 cm³/mol. The van der Waals surface area contributed by atoms with Crippen molar-refractivity contribution in [2.24, 2.45) is 0 Å². The summed E-state index contributed by atoms with van der Waals surface area (Å²) >= 11 is 0. The number of carbonyl (C=O) groups is 5. The van der Waals surface area contributed by atoms with E-state index in [4.69, 9.17) is 9.47 Å². The van der Waals surface area contributed by atoms with Gasteiger partial charge in [0.15, 0.2) is 0 Å². The van der Waals surface area contributed by atoms with E-state index in [1.165, 1.54) is 25.1 Å². The predicted octanol–water partition coefficient (Wildman–Crippen LogP) is 5.42. The van der Waals surface area contributed by atoms with Crippen molar-refractivity contribution in [1.29, 1.82) is 0 Å². The monoisotopic (exact) mass is 804 g/mol. The number of amides is 5. The van der Waals surface area contributed by atoms with E-state index in [1.807, 2.05) is 42.5 Å². The molecule has 0 saturated heterocycles. The van der Waals surface area contributed by atoms with Gasteiger partial charge >= 0.3 is 18.4 Å². The molecular weight excluding hydrogens is 757 g/mol. The van der Waals surface area contributed by atoms with Gasteiger partial charge in [-0.3, -0.25) is 14.4 Å². The highest BCUT2D eigenvalue weighted by Gasteiger charge is 2.32. The van der Waals surface area contributed by atoms with Crippen molar-refractivity contribution in [3.05, 3.63) is 138 Å². The minimum atomic E-state index is -4.64. The molecule has 13 nitrogen and oxygen atoms in total. The molecule has 0 saturated carbocycles. The van der Waals surface area contributed by atoms with Gasteiger partial charge in [-0.2, -0.15) is 13.2 Å². The molecule has 0 aliphatic carbocycles.